The first-order valence-corrected chi connectivity index (χ1v) is 10.4. The summed E-state index contributed by atoms with van der Waals surface area (Å²) in [5.41, 5.74) is 0.669. The normalized spacial score (nSPS) is 18.7. The molecule has 1 aliphatic rings. The van der Waals surface area contributed by atoms with Crippen LogP contribution in [0.25, 0.3) is 0 Å². The number of hydrogen-bond acceptors (Lipinski definition) is 4. The number of methoxy groups -OCH3 is 2. The standard InChI is InChI=1S/C20H24FNO4S/c1-25-17-10-11-19(26-2)20(14-17)27(23,24)22-12-5-3-4-9-18(22)15-7-6-8-16(21)13-15/h6-8,10-11,13-14,18H,3-5,9,12H2,1-2H3/t18-/m0/s1. The molecule has 3 rings (SSSR count). The monoisotopic (exact) mass is 393 g/mol. The van der Waals surface area contributed by atoms with E-state index in [9.17, 15) is 12.8 Å². The van der Waals surface area contributed by atoms with Crippen molar-refractivity contribution in [1.29, 1.82) is 0 Å². The second kappa shape index (κ2) is 8.27. The quantitative estimate of drug-likeness (QED) is 0.766. The van der Waals surface area contributed by atoms with E-state index in [1.165, 1.54) is 36.7 Å². The molecule has 0 N–H and O–H groups in total. The molecule has 1 atom stereocenters. The maximum Gasteiger partial charge on any atom is 0.247 e. The van der Waals surface area contributed by atoms with Crippen molar-refractivity contribution in [2.75, 3.05) is 20.8 Å². The molecule has 0 saturated carbocycles. The molecule has 2 aromatic carbocycles. The molecule has 5 nitrogen and oxygen atoms in total. The number of rotatable bonds is 5. The minimum Gasteiger partial charge on any atom is -0.497 e. The summed E-state index contributed by atoms with van der Waals surface area (Å²) in [6, 6.07) is 10.5. The van der Waals surface area contributed by atoms with Gasteiger partial charge in [0.1, 0.15) is 22.2 Å². The van der Waals surface area contributed by atoms with Crippen LogP contribution >= 0.6 is 0 Å². The second-order valence-corrected chi connectivity index (χ2v) is 8.41. The molecule has 0 bridgehead atoms. The number of ether oxygens (including phenoxy) is 2. The summed E-state index contributed by atoms with van der Waals surface area (Å²) in [5, 5.41) is 0. The summed E-state index contributed by atoms with van der Waals surface area (Å²) in [5.74, 6) is 0.331. The molecule has 27 heavy (non-hydrogen) atoms. The smallest absolute Gasteiger partial charge is 0.247 e. The summed E-state index contributed by atoms with van der Waals surface area (Å²) in [6.45, 7) is 0.379. The third-order valence-corrected chi connectivity index (χ3v) is 6.82. The lowest BCUT2D eigenvalue weighted by Gasteiger charge is -2.30. The molecule has 0 spiro atoms. The van der Waals surface area contributed by atoms with Gasteiger partial charge >= 0.3 is 0 Å². The predicted octanol–water partition coefficient (Wildman–Crippen LogP) is 4.15. The number of hydrogen-bond donors (Lipinski definition) is 0. The van der Waals surface area contributed by atoms with Crippen LogP contribution in [0.5, 0.6) is 11.5 Å². The molecule has 0 unspecified atom stereocenters. The van der Waals surface area contributed by atoms with Gasteiger partial charge < -0.3 is 9.47 Å². The van der Waals surface area contributed by atoms with E-state index in [1.54, 1.807) is 24.3 Å². The lowest BCUT2D eigenvalue weighted by molar-refractivity contribution is 0.324. The summed E-state index contributed by atoms with van der Waals surface area (Å²) in [6.07, 6.45) is 3.24. The third-order valence-electron chi connectivity index (χ3n) is 4.89. The van der Waals surface area contributed by atoms with Gasteiger partial charge in [0, 0.05) is 12.6 Å². The van der Waals surface area contributed by atoms with Gasteiger partial charge in [-0.05, 0) is 42.7 Å². The van der Waals surface area contributed by atoms with Crippen molar-refractivity contribution in [3.05, 3.63) is 53.8 Å². The minimum absolute atomic E-state index is 0.0626. The zero-order chi connectivity index (χ0) is 19.4. The highest BCUT2D eigenvalue weighted by Crippen LogP contribution is 2.38. The first kappa shape index (κ1) is 19.6. The largest absolute Gasteiger partial charge is 0.497 e. The zero-order valence-electron chi connectivity index (χ0n) is 15.5. The molecule has 146 valence electrons. The second-order valence-electron chi connectivity index (χ2n) is 6.55. The van der Waals surface area contributed by atoms with Gasteiger partial charge in [0.05, 0.1) is 20.3 Å². The van der Waals surface area contributed by atoms with E-state index in [0.717, 1.165) is 19.3 Å². The van der Waals surface area contributed by atoms with Gasteiger partial charge in [-0.25, -0.2) is 12.8 Å². The lowest BCUT2D eigenvalue weighted by Crippen LogP contribution is -2.35. The van der Waals surface area contributed by atoms with Crippen molar-refractivity contribution in [3.63, 3.8) is 0 Å². The summed E-state index contributed by atoms with van der Waals surface area (Å²) in [4.78, 5) is 0.0626. The highest BCUT2D eigenvalue weighted by atomic mass is 32.2. The van der Waals surface area contributed by atoms with Crippen LogP contribution in [0, 0.1) is 5.82 Å². The Morgan fingerprint density at radius 3 is 2.56 bits per heavy atom. The van der Waals surface area contributed by atoms with E-state index >= 15 is 0 Å². The van der Waals surface area contributed by atoms with Gasteiger partial charge in [-0.1, -0.05) is 25.0 Å². The summed E-state index contributed by atoms with van der Waals surface area (Å²) >= 11 is 0. The Morgan fingerprint density at radius 1 is 1.04 bits per heavy atom. The highest BCUT2D eigenvalue weighted by Gasteiger charge is 2.35. The van der Waals surface area contributed by atoms with Crippen LogP contribution < -0.4 is 9.47 Å². The topological polar surface area (TPSA) is 55.8 Å². The van der Waals surface area contributed by atoms with Gasteiger partial charge in [-0.2, -0.15) is 4.31 Å². The number of nitrogens with zero attached hydrogens (tertiary/aromatic N) is 1. The fourth-order valence-corrected chi connectivity index (χ4v) is 5.38. The fraction of sp³-hybridized carbons (Fsp3) is 0.400. The maximum absolute atomic E-state index is 13.8. The van der Waals surface area contributed by atoms with Crippen LogP contribution in [0.3, 0.4) is 0 Å². The van der Waals surface area contributed by atoms with E-state index in [2.05, 4.69) is 0 Å². The van der Waals surface area contributed by atoms with E-state index < -0.39 is 16.1 Å². The molecule has 1 aliphatic heterocycles. The molecule has 7 heteroatoms. The highest BCUT2D eigenvalue weighted by molar-refractivity contribution is 7.89. The molecular weight excluding hydrogens is 369 g/mol. The first-order chi connectivity index (χ1) is 13.0. The van der Waals surface area contributed by atoms with Gasteiger partial charge in [0.25, 0.3) is 0 Å². The molecular formula is C20H24FNO4S. The van der Waals surface area contributed by atoms with Crippen molar-refractivity contribution >= 4 is 10.0 Å². The predicted molar refractivity (Wildman–Crippen MR) is 101 cm³/mol. The van der Waals surface area contributed by atoms with Gasteiger partial charge in [0.15, 0.2) is 0 Å². The third kappa shape index (κ3) is 4.09. The van der Waals surface area contributed by atoms with Gasteiger partial charge in [0.2, 0.25) is 10.0 Å². The van der Waals surface area contributed by atoms with E-state index in [0.29, 0.717) is 24.3 Å². The molecule has 0 amide bonds. The summed E-state index contributed by atoms with van der Waals surface area (Å²) in [7, 11) is -0.941. The van der Waals surface area contributed by atoms with Gasteiger partial charge in [-0.3, -0.25) is 0 Å². The molecule has 1 saturated heterocycles. The fourth-order valence-electron chi connectivity index (χ4n) is 3.53. The Balaban J connectivity index is 2.09. The number of benzene rings is 2. The van der Waals surface area contributed by atoms with E-state index in [-0.39, 0.29) is 16.5 Å². The number of halogens is 1. The van der Waals surface area contributed by atoms with Crippen molar-refractivity contribution in [1.82, 2.24) is 4.31 Å². The summed E-state index contributed by atoms with van der Waals surface area (Å²) < 4.78 is 52.9. The SMILES string of the molecule is COc1ccc(OC)c(S(=O)(=O)N2CCCCC[C@H]2c2cccc(F)c2)c1. The molecule has 2 aromatic rings. The van der Waals surface area contributed by atoms with Crippen LogP contribution in [-0.2, 0) is 10.0 Å². The van der Waals surface area contributed by atoms with Crippen LogP contribution in [0.1, 0.15) is 37.3 Å². The molecule has 1 fully saturated rings. The van der Waals surface area contributed by atoms with Crippen molar-refractivity contribution in [2.24, 2.45) is 0 Å². The van der Waals surface area contributed by atoms with Crippen LogP contribution in [0.4, 0.5) is 4.39 Å². The molecule has 0 aromatic heterocycles. The average Bonchev–Trinajstić information content (AvgIpc) is 2.94. The van der Waals surface area contributed by atoms with E-state index in [4.69, 9.17) is 9.47 Å². The van der Waals surface area contributed by atoms with E-state index in [1.807, 2.05) is 0 Å². The molecule has 0 aliphatic carbocycles. The van der Waals surface area contributed by atoms with Crippen molar-refractivity contribution in [2.45, 2.75) is 36.6 Å². The van der Waals surface area contributed by atoms with Crippen molar-refractivity contribution < 1.29 is 22.3 Å². The molecule has 0 radical (unpaired) electrons. The van der Waals surface area contributed by atoms with Crippen LogP contribution in [-0.4, -0.2) is 33.5 Å². The zero-order valence-corrected chi connectivity index (χ0v) is 16.3. The van der Waals surface area contributed by atoms with Crippen LogP contribution in [0.2, 0.25) is 0 Å². The van der Waals surface area contributed by atoms with Gasteiger partial charge in [-0.15, -0.1) is 0 Å². The Morgan fingerprint density at radius 2 is 1.85 bits per heavy atom. The molecule has 1 heterocycles. The Labute approximate surface area is 159 Å². The average molecular weight is 393 g/mol. The van der Waals surface area contributed by atoms with Crippen LogP contribution in [0.15, 0.2) is 47.4 Å². The Hall–Kier alpha value is -2.12. The Kier molecular flexibility index (Phi) is 6.01. The lowest BCUT2D eigenvalue weighted by atomic mass is 10.0. The Bertz CT molecular complexity index is 901. The minimum atomic E-state index is -3.86. The maximum atomic E-state index is 13.8. The number of sulfonamides is 1. The first-order valence-electron chi connectivity index (χ1n) is 8.96. The van der Waals surface area contributed by atoms with Crippen molar-refractivity contribution in [3.8, 4) is 11.5 Å².